The summed E-state index contributed by atoms with van der Waals surface area (Å²) in [5.74, 6) is 0.541. The van der Waals surface area contributed by atoms with Crippen molar-refractivity contribution in [2.45, 2.75) is 49.3 Å². The van der Waals surface area contributed by atoms with Crippen LogP contribution in [-0.2, 0) is 14.8 Å². The summed E-state index contributed by atoms with van der Waals surface area (Å²) < 4.78 is 38.6. The first-order valence-corrected chi connectivity index (χ1v) is 12.3. The average molecular weight is 478 g/mol. The van der Waals surface area contributed by atoms with Gasteiger partial charge in [0, 0.05) is 6.54 Å². The van der Waals surface area contributed by atoms with Gasteiger partial charge >= 0.3 is 6.03 Å². The monoisotopic (exact) mass is 477 g/mol. The lowest BCUT2D eigenvalue weighted by Crippen LogP contribution is -2.52. The molecule has 9 nitrogen and oxygen atoms in total. The molecule has 0 spiro atoms. The number of nitrogens with one attached hydrogen (secondary N) is 3. The summed E-state index contributed by atoms with van der Waals surface area (Å²) >= 11 is 0. The van der Waals surface area contributed by atoms with Crippen molar-refractivity contribution in [2.24, 2.45) is 0 Å². The summed E-state index contributed by atoms with van der Waals surface area (Å²) in [5, 5.41) is 15.4. The van der Waals surface area contributed by atoms with Crippen LogP contribution in [0.5, 0.6) is 5.75 Å². The Hall–Kier alpha value is -2.66. The minimum atomic E-state index is -3.59. The molecule has 0 bridgehead atoms. The maximum atomic E-state index is 12.4. The Morgan fingerprint density at radius 1 is 1.15 bits per heavy atom. The number of amides is 2. The number of benzene rings is 2. The van der Waals surface area contributed by atoms with Crippen molar-refractivity contribution in [1.29, 1.82) is 0 Å². The molecular formula is C23H31N3O6S. The highest BCUT2D eigenvalue weighted by Gasteiger charge is 2.32. The number of hydrogen-bond acceptors (Lipinski definition) is 6. The number of sulfonamides is 1. The van der Waals surface area contributed by atoms with E-state index in [0.29, 0.717) is 30.7 Å². The molecule has 0 aliphatic carbocycles. The summed E-state index contributed by atoms with van der Waals surface area (Å²) in [4.78, 5) is 12.7. The number of aryl methyl sites for hydroxylation is 1. The fourth-order valence-corrected chi connectivity index (χ4v) is 4.79. The standard InChI is InChI=1S/C23H31N3O6S/c1-16-7-10-18(11-8-16)33(29,30)24-14-13-17-9-12-20(22(15-27)32-17)26-23(28)25-19-5-3-4-6-21(19)31-2/h3-8,10-11,17,20,22,24,27H,9,12-15H2,1-2H3,(H2,25,26,28)/t17-,20-,22-/m0/s1. The molecule has 2 aromatic carbocycles. The van der Waals surface area contributed by atoms with Gasteiger partial charge < -0.3 is 25.2 Å². The number of aliphatic hydroxyl groups is 1. The van der Waals surface area contributed by atoms with Gasteiger partial charge in [-0.25, -0.2) is 17.9 Å². The van der Waals surface area contributed by atoms with Crippen LogP contribution in [0.1, 0.15) is 24.8 Å². The quantitative estimate of drug-likeness (QED) is 0.439. The molecule has 0 unspecified atom stereocenters. The number of hydrogen-bond donors (Lipinski definition) is 4. The molecule has 3 atom stereocenters. The Morgan fingerprint density at radius 2 is 1.88 bits per heavy atom. The van der Waals surface area contributed by atoms with Crippen LogP contribution in [0, 0.1) is 6.92 Å². The summed E-state index contributed by atoms with van der Waals surface area (Å²) in [7, 11) is -2.07. The smallest absolute Gasteiger partial charge is 0.319 e. The topological polar surface area (TPSA) is 126 Å². The zero-order valence-electron chi connectivity index (χ0n) is 18.8. The number of rotatable bonds is 9. The Kier molecular flexibility index (Phi) is 8.67. The van der Waals surface area contributed by atoms with Crippen LogP contribution >= 0.6 is 0 Å². The molecule has 10 heteroatoms. The lowest BCUT2D eigenvalue weighted by Gasteiger charge is -2.36. The molecule has 2 amide bonds. The zero-order chi connectivity index (χ0) is 23.8. The second-order valence-corrected chi connectivity index (χ2v) is 9.73. The summed E-state index contributed by atoms with van der Waals surface area (Å²) in [5.41, 5.74) is 1.52. The highest BCUT2D eigenvalue weighted by molar-refractivity contribution is 7.89. The van der Waals surface area contributed by atoms with Crippen molar-refractivity contribution < 1.29 is 27.8 Å². The Bertz CT molecular complexity index is 1030. The van der Waals surface area contributed by atoms with E-state index in [0.717, 1.165) is 5.56 Å². The molecule has 1 aliphatic heterocycles. The van der Waals surface area contributed by atoms with Gasteiger partial charge in [-0.2, -0.15) is 0 Å². The van der Waals surface area contributed by atoms with Gasteiger partial charge in [0.2, 0.25) is 10.0 Å². The third-order valence-corrected chi connectivity index (χ3v) is 7.03. The fourth-order valence-electron chi connectivity index (χ4n) is 3.74. The van der Waals surface area contributed by atoms with Crippen molar-refractivity contribution in [3.05, 3.63) is 54.1 Å². The van der Waals surface area contributed by atoms with E-state index >= 15 is 0 Å². The first kappa shape index (κ1) is 25.0. The number of anilines is 1. The third kappa shape index (κ3) is 6.91. The minimum Gasteiger partial charge on any atom is -0.495 e. The second-order valence-electron chi connectivity index (χ2n) is 7.96. The fraction of sp³-hybridized carbons (Fsp3) is 0.435. The van der Waals surface area contributed by atoms with Gasteiger partial charge in [0.25, 0.3) is 0 Å². The first-order chi connectivity index (χ1) is 15.8. The normalized spacial score (nSPS) is 20.8. The van der Waals surface area contributed by atoms with E-state index in [4.69, 9.17) is 9.47 Å². The van der Waals surface area contributed by atoms with E-state index in [1.54, 1.807) is 48.5 Å². The Labute approximate surface area is 194 Å². The van der Waals surface area contributed by atoms with E-state index in [-0.39, 0.29) is 30.2 Å². The number of carbonyl (C=O) groups is 1. The van der Waals surface area contributed by atoms with Crippen molar-refractivity contribution in [2.75, 3.05) is 25.6 Å². The largest absolute Gasteiger partial charge is 0.495 e. The lowest BCUT2D eigenvalue weighted by molar-refractivity contribution is -0.0884. The molecule has 1 aliphatic rings. The average Bonchev–Trinajstić information content (AvgIpc) is 2.80. The van der Waals surface area contributed by atoms with Gasteiger partial charge in [0.05, 0.1) is 36.4 Å². The van der Waals surface area contributed by atoms with Crippen LogP contribution in [0.25, 0.3) is 0 Å². The van der Waals surface area contributed by atoms with Crippen LogP contribution in [0.4, 0.5) is 10.5 Å². The highest BCUT2D eigenvalue weighted by Crippen LogP contribution is 2.24. The number of urea groups is 1. The molecule has 0 radical (unpaired) electrons. The second kappa shape index (κ2) is 11.5. The molecule has 4 N–H and O–H groups in total. The van der Waals surface area contributed by atoms with Gasteiger partial charge in [0.15, 0.2) is 0 Å². The molecule has 1 saturated heterocycles. The van der Waals surface area contributed by atoms with Gasteiger partial charge in [-0.3, -0.25) is 0 Å². The molecule has 0 aromatic heterocycles. The van der Waals surface area contributed by atoms with Crippen LogP contribution in [0.15, 0.2) is 53.4 Å². The molecule has 1 fully saturated rings. The first-order valence-electron chi connectivity index (χ1n) is 10.9. The molecule has 33 heavy (non-hydrogen) atoms. The Balaban J connectivity index is 1.48. The Morgan fingerprint density at radius 3 is 2.58 bits per heavy atom. The van der Waals surface area contributed by atoms with E-state index in [1.165, 1.54) is 7.11 Å². The number of ether oxygens (including phenoxy) is 2. The third-order valence-electron chi connectivity index (χ3n) is 5.56. The molecule has 1 heterocycles. The van der Waals surface area contributed by atoms with E-state index in [9.17, 15) is 18.3 Å². The maximum absolute atomic E-state index is 12.4. The lowest BCUT2D eigenvalue weighted by atomic mass is 9.97. The van der Waals surface area contributed by atoms with Crippen molar-refractivity contribution in [3.8, 4) is 5.75 Å². The SMILES string of the molecule is COc1ccccc1NC(=O)N[C@H]1CC[C@@H](CCNS(=O)(=O)c2ccc(C)cc2)O[C@H]1CO. The van der Waals surface area contributed by atoms with Crippen LogP contribution in [0.3, 0.4) is 0 Å². The molecule has 3 rings (SSSR count). The molecule has 180 valence electrons. The molecular weight excluding hydrogens is 446 g/mol. The van der Waals surface area contributed by atoms with E-state index < -0.39 is 22.2 Å². The van der Waals surface area contributed by atoms with Crippen LogP contribution in [-0.4, -0.2) is 58.1 Å². The summed E-state index contributed by atoms with van der Waals surface area (Å²) in [6.45, 7) is 1.85. The van der Waals surface area contributed by atoms with Crippen molar-refractivity contribution in [3.63, 3.8) is 0 Å². The van der Waals surface area contributed by atoms with E-state index in [1.807, 2.05) is 6.92 Å². The number of para-hydroxylation sites is 2. The van der Waals surface area contributed by atoms with Crippen LogP contribution < -0.4 is 20.1 Å². The van der Waals surface area contributed by atoms with Gasteiger partial charge in [-0.1, -0.05) is 29.8 Å². The number of aliphatic hydroxyl groups excluding tert-OH is 1. The van der Waals surface area contributed by atoms with Crippen molar-refractivity contribution in [1.82, 2.24) is 10.0 Å². The predicted molar refractivity (Wildman–Crippen MR) is 125 cm³/mol. The number of carbonyl (C=O) groups excluding carboxylic acids is 1. The van der Waals surface area contributed by atoms with Crippen molar-refractivity contribution >= 4 is 21.7 Å². The highest BCUT2D eigenvalue weighted by atomic mass is 32.2. The maximum Gasteiger partial charge on any atom is 0.319 e. The van der Waals surface area contributed by atoms with E-state index in [2.05, 4.69) is 15.4 Å². The zero-order valence-corrected chi connectivity index (χ0v) is 19.6. The van der Waals surface area contributed by atoms with Gasteiger partial charge in [-0.05, 0) is 50.5 Å². The predicted octanol–water partition coefficient (Wildman–Crippen LogP) is 2.40. The number of methoxy groups -OCH3 is 1. The summed E-state index contributed by atoms with van der Waals surface area (Å²) in [6, 6.07) is 12.9. The van der Waals surface area contributed by atoms with Gasteiger partial charge in [0.1, 0.15) is 11.9 Å². The molecule has 2 aromatic rings. The minimum absolute atomic E-state index is 0.214. The van der Waals surface area contributed by atoms with Crippen LogP contribution in [0.2, 0.25) is 0 Å². The van der Waals surface area contributed by atoms with Gasteiger partial charge in [-0.15, -0.1) is 0 Å². The summed E-state index contributed by atoms with van der Waals surface area (Å²) in [6.07, 6.45) is 0.878. The molecule has 0 saturated carbocycles.